The maximum absolute atomic E-state index is 10.2. The predicted molar refractivity (Wildman–Crippen MR) is 46.6 cm³/mol. The van der Waals surface area contributed by atoms with E-state index in [2.05, 4.69) is 0 Å². The number of rotatable bonds is 2. The number of carbonyl (C=O) groups is 1. The Morgan fingerprint density at radius 1 is 1.46 bits per heavy atom. The number of aliphatic hydroxyl groups excluding tert-OH is 1. The smallest absolute Gasteiger partial charge is 0.270 e. The van der Waals surface area contributed by atoms with Crippen LogP contribution in [-0.2, 0) is 0 Å². The zero-order valence-electron chi connectivity index (χ0n) is 7.01. The average Bonchev–Trinajstić information content (AvgIpc) is 2.21. The lowest BCUT2D eigenvalue weighted by Crippen LogP contribution is -1.88. The van der Waals surface area contributed by atoms with Crippen molar-refractivity contribution in [2.45, 2.75) is 0 Å². The second-order valence-corrected chi connectivity index (χ2v) is 1.97. The van der Waals surface area contributed by atoms with Crippen molar-refractivity contribution in [3.63, 3.8) is 0 Å². The first kappa shape index (κ1) is 11.2. The molecule has 13 heavy (non-hydrogen) atoms. The molecule has 5 nitrogen and oxygen atoms in total. The fourth-order valence-electron chi connectivity index (χ4n) is 0.712. The Morgan fingerprint density at radius 2 is 2.08 bits per heavy atom. The summed E-state index contributed by atoms with van der Waals surface area (Å²) < 4.78 is 0. The maximum atomic E-state index is 10.2. The zero-order valence-corrected chi connectivity index (χ0v) is 7.01. The Morgan fingerprint density at radius 3 is 2.54 bits per heavy atom. The van der Waals surface area contributed by atoms with Crippen LogP contribution in [0.1, 0.15) is 10.4 Å². The Balaban J connectivity index is 0.000000671. The van der Waals surface area contributed by atoms with Gasteiger partial charge in [0.25, 0.3) is 5.69 Å². The van der Waals surface area contributed by atoms with Crippen molar-refractivity contribution in [3.8, 4) is 0 Å². The van der Waals surface area contributed by atoms with Gasteiger partial charge in [-0.2, -0.15) is 0 Å². The summed E-state index contributed by atoms with van der Waals surface area (Å²) in [5.74, 6) is 0. The highest BCUT2D eigenvalue weighted by molar-refractivity contribution is 5.75. The molecule has 1 aromatic carbocycles. The lowest BCUT2D eigenvalue weighted by atomic mass is 10.2. The van der Waals surface area contributed by atoms with Crippen LogP contribution in [0.15, 0.2) is 24.3 Å². The molecule has 0 heterocycles. The molecule has 0 fully saturated rings. The highest BCUT2D eigenvalue weighted by Gasteiger charge is 2.03. The van der Waals surface area contributed by atoms with E-state index in [-0.39, 0.29) is 5.69 Å². The van der Waals surface area contributed by atoms with Crippen LogP contribution in [-0.4, -0.2) is 23.4 Å². The van der Waals surface area contributed by atoms with Crippen LogP contribution in [0, 0.1) is 10.1 Å². The fourth-order valence-corrected chi connectivity index (χ4v) is 0.712. The number of hydrogen-bond acceptors (Lipinski definition) is 4. The van der Waals surface area contributed by atoms with Crippen LogP contribution in [0.2, 0.25) is 0 Å². The molecule has 0 aliphatic rings. The van der Waals surface area contributed by atoms with Crippen molar-refractivity contribution in [2.24, 2.45) is 0 Å². The molecule has 0 spiro atoms. The first-order valence-corrected chi connectivity index (χ1v) is 3.38. The predicted octanol–water partition coefficient (Wildman–Crippen LogP) is 1.02. The van der Waals surface area contributed by atoms with E-state index in [1.807, 2.05) is 0 Å². The van der Waals surface area contributed by atoms with Gasteiger partial charge in [0.05, 0.1) is 4.92 Å². The standard InChI is InChI=1S/C7H5NO3.CH4O/c9-5-6-2-1-3-7(4-6)8(10)11;1-2/h1-5H;2H,1H3. The fraction of sp³-hybridized carbons (Fsp3) is 0.125. The summed E-state index contributed by atoms with van der Waals surface area (Å²) in [5.41, 5.74) is 0.258. The second-order valence-electron chi connectivity index (χ2n) is 1.97. The SMILES string of the molecule is CO.O=Cc1cccc([N+](=O)[O-])c1. The molecular weight excluding hydrogens is 174 g/mol. The van der Waals surface area contributed by atoms with Gasteiger partial charge in [-0.3, -0.25) is 14.9 Å². The maximum Gasteiger partial charge on any atom is 0.270 e. The lowest BCUT2D eigenvalue weighted by Gasteiger charge is -1.90. The molecule has 1 aromatic rings. The minimum absolute atomic E-state index is 0.0606. The van der Waals surface area contributed by atoms with Crippen LogP contribution in [0.5, 0.6) is 0 Å². The molecule has 0 atom stereocenters. The van der Waals surface area contributed by atoms with Gasteiger partial charge in [0.1, 0.15) is 6.29 Å². The molecule has 70 valence electrons. The Bertz CT molecular complexity index is 298. The summed E-state index contributed by atoms with van der Waals surface area (Å²) in [7, 11) is 1.00. The van der Waals surface area contributed by atoms with E-state index in [1.165, 1.54) is 24.3 Å². The van der Waals surface area contributed by atoms with Gasteiger partial charge < -0.3 is 5.11 Å². The number of aliphatic hydroxyl groups is 1. The van der Waals surface area contributed by atoms with Gasteiger partial charge in [0.15, 0.2) is 0 Å². The van der Waals surface area contributed by atoms with Gasteiger partial charge in [0.2, 0.25) is 0 Å². The molecule has 1 N–H and O–H groups in total. The van der Waals surface area contributed by atoms with E-state index in [4.69, 9.17) is 5.11 Å². The second kappa shape index (κ2) is 5.84. The van der Waals surface area contributed by atoms with Gasteiger partial charge in [-0.05, 0) is 0 Å². The number of carbonyl (C=O) groups excluding carboxylic acids is 1. The highest BCUT2D eigenvalue weighted by Crippen LogP contribution is 2.10. The zero-order chi connectivity index (χ0) is 10.3. The van der Waals surface area contributed by atoms with E-state index >= 15 is 0 Å². The van der Waals surface area contributed by atoms with E-state index in [1.54, 1.807) is 0 Å². The number of nitro benzene ring substituents is 1. The summed E-state index contributed by atoms with van der Waals surface area (Å²) >= 11 is 0. The molecule has 0 saturated carbocycles. The molecular formula is C8H9NO4. The molecule has 0 aromatic heterocycles. The largest absolute Gasteiger partial charge is 0.400 e. The highest BCUT2D eigenvalue weighted by atomic mass is 16.6. The van der Waals surface area contributed by atoms with Crippen molar-refractivity contribution in [2.75, 3.05) is 7.11 Å². The molecule has 0 amide bonds. The summed E-state index contributed by atoms with van der Waals surface area (Å²) in [6.45, 7) is 0. The summed E-state index contributed by atoms with van der Waals surface area (Å²) in [5, 5.41) is 17.2. The van der Waals surface area contributed by atoms with Crippen molar-refractivity contribution >= 4 is 12.0 Å². The van der Waals surface area contributed by atoms with E-state index in [9.17, 15) is 14.9 Å². The number of aldehydes is 1. The molecule has 0 aliphatic heterocycles. The van der Waals surface area contributed by atoms with Crippen LogP contribution in [0.4, 0.5) is 5.69 Å². The minimum atomic E-state index is -0.535. The molecule has 1 rings (SSSR count). The average molecular weight is 183 g/mol. The normalized spacial score (nSPS) is 8.15. The monoisotopic (exact) mass is 183 g/mol. The quantitative estimate of drug-likeness (QED) is 0.421. The lowest BCUT2D eigenvalue weighted by molar-refractivity contribution is -0.384. The van der Waals surface area contributed by atoms with E-state index in [0.717, 1.165) is 7.11 Å². The number of non-ortho nitro benzene ring substituents is 1. The summed E-state index contributed by atoms with van der Waals surface area (Å²) in [6, 6.07) is 5.56. The molecule has 5 heteroatoms. The molecule has 0 bridgehead atoms. The molecule has 0 saturated heterocycles. The van der Waals surface area contributed by atoms with E-state index in [0.29, 0.717) is 11.8 Å². The van der Waals surface area contributed by atoms with Gasteiger partial charge in [-0.15, -0.1) is 0 Å². The van der Waals surface area contributed by atoms with Crippen molar-refractivity contribution in [3.05, 3.63) is 39.9 Å². The Labute approximate surface area is 74.8 Å². The third-order valence-corrected chi connectivity index (χ3v) is 1.22. The molecule has 0 unspecified atom stereocenters. The number of benzene rings is 1. The van der Waals surface area contributed by atoms with Crippen molar-refractivity contribution in [1.82, 2.24) is 0 Å². The minimum Gasteiger partial charge on any atom is -0.400 e. The van der Waals surface area contributed by atoms with Gasteiger partial charge >= 0.3 is 0 Å². The number of hydrogen-bond donors (Lipinski definition) is 1. The van der Waals surface area contributed by atoms with Crippen molar-refractivity contribution < 1.29 is 14.8 Å². The first-order chi connectivity index (χ1) is 6.24. The Hall–Kier alpha value is -1.75. The van der Waals surface area contributed by atoms with E-state index < -0.39 is 4.92 Å². The van der Waals surface area contributed by atoms with Gasteiger partial charge in [-0.25, -0.2) is 0 Å². The van der Waals surface area contributed by atoms with Gasteiger partial charge in [-0.1, -0.05) is 12.1 Å². The third-order valence-electron chi connectivity index (χ3n) is 1.22. The number of nitro groups is 1. The summed E-state index contributed by atoms with van der Waals surface area (Å²) in [6.07, 6.45) is 0.576. The van der Waals surface area contributed by atoms with Crippen LogP contribution >= 0.6 is 0 Å². The first-order valence-electron chi connectivity index (χ1n) is 3.38. The number of nitrogens with zero attached hydrogens (tertiary/aromatic N) is 1. The summed E-state index contributed by atoms with van der Waals surface area (Å²) in [4.78, 5) is 19.8. The van der Waals surface area contributed by atoms with Crippen LogP contribution in [0.3, 0.4) is 0 Å². The third kappa shape index (κ3) is 3.44. The van der Waals surface area contributed by atoms with Gasteiger partial charge in [0, 0.05) is 24.8 Å². The molecule has 0 radical (unpaired) electrons. The topological polar surface area (TPSA) is 80.4 Å². The van der Waals surface area contributed by atoms with Crippen LogP contribution < -0.4 is 0 Å². The van der Waals surface area contributed by atoms with Crippen LogP contribution in [0.25, 0.3) is 0 Å². The van der Waals surface area contributed by atoms with Crippen molar-refractivity contribution in [1.29, 1.82) is 0 Å². The molecule has 0 aliphatic carbocycles. The Kier molecular flexibility index (Phi) is 5.06.